The molecule has 1 unspecified atom stereocenters. The highest BCUT2D eigenvalue weighted by Crippen LogP contribution is 2.29. The van der Waals surface area contributed by atoms with Gasteiger partial charge in [-0.1, -0.05) is 26.8 Å². The fourth-order valence-corrected chi connectivity index (χ4v) is 2.99. The van der Waals surface area contributed by atoms with Gasteiger partial charge in [-0.2, -0.15) is 5.10 Å². The summed E-state index contributed by atoms with van der Waals surface area (Å²) in [6, 6.07) is 9.22. The van der Waals surface area contributed by atoms with E-state index in [0.717, 1.165) is 11.4 Å². The van der Waals surface area contributed by atoms with Gasteiger partial charge in [-0.15, -0.1) is 10.2 Å². The first kappa shape index (κ1) is 20.7. The Labute approximate surface area is 170 Å². The van der Waals surface area contributed by atoms with Gasteiger partial charge < -0.3 is 14.5 Å². The molecule has 0 bridgehead atoms. The number of ether oxygens (including phenoxy) is 1. The molecule has 8 nitrogen and oxygen atoms in total. The quantitative estimate of drug-likeness (QED) is 0.686. The number of amides is 1. The van der Waals surface area contributed by atoms with Gasteiger partial charge in [-0.05, 0) is 31.2 Å². The van der Waals surface area contributed by atoms with Crippen molar-refractivity contribution in [3.63, 3.8) is 0 Å². The van der Waals surface area contributed by atoms with Crippen molar-refractivity contribution in [2.24, 2.45) is 0 Å². The summed E-state index contributed by atoms with van der Waals surface area (Å²) in [7, 11) is 1.61. The normalized spacial score (nSPS) is 12.8. The molecule has 3 rings (SSSR count). The first-order valence-corrected chi connectivity index (χ1v) is 9.50. The van der Waals surface area contributed by atoms with Crippen LogP contribution in [0.4, 0.5) is 0 Å². The average Bonchev–Trinajstić information content (AvgIpc) is 3.28. The zero-order valence-corrected chi connectivity index (χ0v) is 17.7. The molecule has 0 saturated carbocycles. The van der Waals surface area contributed by atoms with E-state index in [2.05, 4.69) is 36.3 Å². The van der Waals surface area contributed by atoms with Gasteiger partial charge in [-0.25, -0.2) is 4.68 Å². The number of aryl methyl sites for hydroxylation is 1. The van der Waals surface area contributed by atoms with E-state index in [1.165, 1.54) is 0 Å². The van der Waals surface area contributed by atoms with Crippen molar-refractivity contribution in [1.29, 1.82) is 0 Å². The lowest BCUT2D eigenvalue weighted by Crippen LogP contribution is -2.35. The van der Waals surface area contributed by atoms with Gasteiger partial charge in [0.25, 0.3) is 11.8 Å². The Morgan fingerprint density at radius 1 is 1.28 bits per heavy atom. The van der Waals surface area contributed by atoms with Crippen LogP contribution >= 0.6 is 0 Å². The predicted octanol–water partition coefficient (Wildman–Crippen LogP) is 3.29. The summed E-state index contributed by atoms with van der Waals surface area (Å²) in [5.74, 6) is 0.693. The molecular weight excluding hydrogens is 370 g/mol. The lowest BCUT2D eigenvalue weighted by atomic mass is 9.91. The summed E-state index contributed by atoms with van der Waals surface area (Å²) in [4.78, 5) is 12.6. The number of aromatic nitrogens is 4. The van der Waals surface area contributed by atoms with Crippen LogP contribution in [0.3, 0.4) is 0 Å². The Morgan fingerprint density at radius 3 is 2.66 bits per heavy atom. The van der Waals surface area contributed by atoms with Gasteiger partial charge in [0.05, 0.1) is 18.0 Å². The molecule has 0 fully saturated rings. The largest absolute Gasteiger partial charge is 0.420 e. The predicted molar refractivity (Wildman–Crippen MR) is 109 cm³/mol. The highest BCUT2D eigenvalue weighted by Gasteiger charge is 2.24. The van der Waals surface area contributed by atoms with Crippen LogP contribution in [0.5, 0.6) is 0 Å². The maximum Gasteiger partial charge on any atom is 0.268 e. The molecule has 1 N–H and O–H groups in total. The summed E-state index contributed by atoms with van der Waals surface area (Å²) in [6.07, 6.45) is 0. The smallest absolute Gasteiger partial charge is 0.268 e. The van der Waals surface area contributed by atoms with Crippen LogP contribution < -0.4 is 5.32 Å². The third-order valence-corrected chi connectivity index (χ3v) is 4.37. The average molecular weight is 397 g/mol. The van der Waals surface area contributed by atoms with E-state index in [-0.39, 0.29) is 17.4 Å². The molecule has 154 valence electrons. The van der Waals surface area contributed by atoms with Gasteiger partial charge in [0.2, 0.25) is 5.89 Å². The molecule has 1 amide bonds. The van der Waals surface area contributed by atoms with Crippen LogP contribution in [0.2, 0.25) is 0 Å². The minimum Gasteiger partial charge on any atom is -0.420 e. The monoisotopic (exact) mass is 397 g/mol. The number of benzene rings is 1. The molecule has 1 aromatic carbocycles. The lowest BCUT2D eigenvalue weighted by molar-refractivity contribution is 0.0905. The Bertz CT molecular complexity index is 1000. The van der Waals surface area contributed by atoms with E-state index < -0.39 is 0 Å². The third-order valence-electron chi connectivity index (χ3n) is 4.37. The van der Waals surface area contributed by atoms with E-state index in [4.69, 9.17) is 14.3 Å². The Kier molecular flexibility index (Phi) is 5.83. The molecule has 0 saturated heterocycles. The third kappa shape index (κ3) is 4.71. The molecule has 8 heteroatoms. The van der Waals surface area contributed by atoms with Crippen LogP contribution in [0.15, 0.2) is 34.7 Å². The lowest BCUT2D eigenvalue weighted by Gasteiger charge is -2.20. The summed E-state index contributed by atoms with van der Waals surface area (Å²) >= 11 is 0. The van der Waals surface area contributed by atoms with Crippen molar-refractivity contribution >= 4 is 5.91 Å². The zero-order valence-electron chi connectivity index (χ0n) is 17.7. The van der Waals surface area contributed by atoms with Crippen LogP contribution in [0.1, 0.15) is 49.6 Å². The van der Waals surface area contributed by atoms with Gasteiger partial charge in [0.1, 0.15) is 5.69 Å². The molecule has 1 atom stereocenters. The molecule has 2 aromatic heterocycles. The summed E-state index contributed by atoms with van der Waals surface area (Å²) in [6.45, 7) is 10.4. The molecule has 2 heterocycles. The second-order valence-corrected chi connectivity index (χ2v) is 8.08. The number of carbonyl (C=O) groups is 1. The van der Waals surface area contributed by atoms with E-state index in [1.54, 1.807) is 20.1 Å². The Balaban J connectivity index is 1.99. The number of hydrogen-bond donors (Lipinski definition) is 1. The summed E-state index contributed by atoms with van der Waals surface area (Å²) in [5.41, 5.74) is 2.71. The van der Waals surface area contributed by atoms with E-state index >= 15 is 0 Å². The van der Waals surface area contributed by atoms with Crippen molar-refractivity contribution in [2.75, 3.05) is 13.7 Å². The number of rotatable bonds is 6. The maximum atomic E-state index is 12.6. The highest BCUT2D eigenvalue weighted by molar-refractivity contribution is 5.94. The molecule has 3 aromatic rings. The molecule has 0 spiro atoms. The van der Waals surface area contributed by atoms with Crippen molar-refractivity contribution in [2.45, 2.75) is 46.1 Å². The van der Waals surface area contributed by atoms with Crippen molar-refractivity contribution < 1.29 is 13.9 Å². The highest BCUT2D eigenvalue weighted by atomic mass is 16.5. The second kappa shape index (κ2) is 8.16. The van der Waals surface area contributed by atoms with E-state index in [1.807, 2.05) is 35.9 Å². The minimum atomic E-state index is -0.189. The Hall–Kier alpha value is -3.00. The van der Waals surface area contributed by atoms with Gasteiger partial charge >= 0.3 is 0 Å². The van der Waals surface area contributed by atoms with E-state index in [9.17, 15) is 4.79 Å². The number of methoxy groups -OCH3 is 1. The van der Waals surface area contributed by atoms with Gasteiger partial charge in [-0.3, -0.25) is 4.79 Å². The number of nitrogens with zero attached hydrogens (tertiary/aromatic N) is 4. The summed E-state index contributed by atoms with van der Waals surface area (Å²) < 4.78 is 12.4. The molecule has 0 radical (unpaired) electrons. The number of hydrogen-bond acceptors (Lipinski definition) is 6. The van der Waals surface area contributed by atoms with Gasteiger partial charge in [0, 0.05) is 31.1 Å². The molecule has 0 aliphatic rings. The first-order valence-electron chi connectivity index (χ1n) is 9.50. The number of carbonyl (C=O) groups excluding carboxylic acids is 1. The molecule has 0 aliphatic carbocycles. The maximum absolute atomic E-state index is 12.6. The second-order valence-electron chi connectivity index (χ2n) is 8.08. The fraction of sp³-hybridized carbons (Fsp3) is 0.429. The standard InChI is InChI=1S/C21H27N5O3/c1-13(12-28-6)22-19(27)15-8-7-9-16(10-15)26-18(21(3,4)5)11-17(25-26)20-24-23-14(2)29-20/h7-11,13H,12H2,1-6H3,(H,22,27). The van der Waals surface area contributed by atoms with Crippen LogP contribution in [0.25, 0.3) is 17.3 Å². The summed E-state index contributed by atoms with van der Waals surface area (Å²) in [5, 5.41) is 15.6. The van der Waals surface area contributed by atoms with Crippen molar-refractivity contribution in [3.05, 3.63) is 47.5 Å². The topological polar surface area (TPSA) is 95.1 Å². The molecule has 0 aliphatic heterocycles. The van der Waals surface area contributed by atoms with Crippen molar-refractivity contribution in [3.8, 4) is 17.3 Å². The zero-order chi connectivity index (χ0) is 21.2. The SMILES string of the molecule is COCC(C)NC(=O)c1cccc(-n2nc(-c3nnc(C)o3)cc2C(C)(C)C)c1. The molecule has 29 heavy (non-hydrogen) atoms. The molecular formula is C21H27N5O3. The van der Waals surface area contributed by atoms with Crippen LogP contribution in [-0.2, 0) is 10.2 Å². The van der Waals surface area contributed by atoms with Crippen LogP contribution in [-0.4, -0.2) is 45.6 Å². The van der Waals surface area contributed by atoms with Crippen molar-refractivity contribution in [1.82, 2.24) is 25.3 Å². The minimum absolute atomic E-state index is 0.0848. The fourth-order valence-electron chi connectivity index (χ4n) is 2.99. The first-order chi connectivity index (χ1) is 13.7. The Morgan fingerprint density at radius 2 is 2.03 bits per heavy atom. The van der Waals surface area contributed by atoms with E-state index in [0.29, 0.717) is 29.6 Å². The number of nitrogens with one attached hydrogen (secondary N) is 1. The van der Waals surface area contributed by atoms with Crippen LogP contribution in [0, 0.1) is 6.92 Å². The van der Waals surface area contributed by atoms with Gasteiger partial charge in [0.15, 0.2) is 0 Å².